The number of carboxylic acids is 1. The van der Waals surface area contributed by atoms with Crippen LogP contribution < -0.4 is 10.6 Å². The van der Waals surface area contributed by atoms with Crippen LogP contribution in [0.15, 0.2) is 48.5 Å². The van der Waals surface area contributed by atoms with Crippen LogP contribution in [0.3, 0.4) is 0 Å². The van der Waals surface area contributed by atoms with Gasteiger partial charge >= 0.3 is 12.1 Å². The maximum atomic E-state index is 12.8. The third-order valence-corrected chi connectivity index (χ3v) is 6.26. The summed E-state index contributed by atoms with van der Waals surface area (Å²) in [4.78, 5) is 36.9. The maximum absolute atomic E-state index is 12.8. The zero-order chi connectivity index (χ0) is 23.1. The SMILES string of the molecule is CC(C)(C)[C@H](NC(=O)C1(NC(=O)OCC2c3ccccc3-c3ccccc32)CC1)C(=O)O. The summed E-state index contributed by atoms with van der Waals surface area (Å²) < 4.78 is 5.54. The molecule has 168 valence electrons. The molecule has 0 heterocycles. The van der Waals surface area contributed by atoms with Gasteiger partial charge in [-0.15, -0.1) is 0 Å². The van der Waals surface area contributed by atoms with Gasteiger partial charge in [0.2, 0.25) is 5.91 Å². The van der Waals surface area contributed by atoms with Gasteiger partial charge in [0.1, 0.15) is 18.2 Å². The molecule has 0 unspecified atom stereocenters. The topological polar surface area (TPSA) is 105 Å². The van der Waals surface area contributed by atoms with E-state index in [1.54, 1.807) is 20.8 Å². The largest absolute Gasteiger partial charge is 0.480 e. The first-order chi connectivity index (χ1) is 15.1. The molecule has 0 aromatic heterocycles. The summed E-state index contributed by atoms with van der Waals surface area (Å²) in [6, 6.07) is 15.1. The molecule has 32 heavy (non-hydrogen) atoms. The van der Waals surface area contributed by atoms with Crippen LogP contribution in [0.25, 0.3) is 11.1 Å². The van der Waals surface area contributed by atoms with E-state index in [2.05, 4.69) is 22.8 Å². The molecule has 2 amide bonds. The van der Waals surface area contributed by atoms with Crippen molar-refractivity contribution in [2.75, 3.05) is 6.61 Å². The fraction of sp³-hybridized carbons (Fsp3) is 0.400. The highest BCUT2D eigenvalue weighted by atomic mass is 16.5. The molecule has 1 saturated carbocycles. The molecular weight excluding hydrogens is 408 g/mol. The first kappa shape index (κ1) is 21.9. The number of alkyl carbamates (subject to hydrolysis) is 1. The predicted octanol–water partition coefficient (Wildman–Crippen LogP) is 3.67. The first-order valence-corrected chi connectivity index (χ1v) is 10.8. The number of aliphatic carboxylic acids is 1. The lowest BCUT2D eigenvalue weighted by atomic mass is 9.86. The zero-order valence-electron chi connectivity index (χ0n) is 18.5. The summed E-state index contributed by atoms with van der Waals surface area (Å²) in [7, 11) is 0. The minimum Gasteiger partial charge on any atom is -0.480 e. The highest BCUT2D eigenvalue weighted by Gasteiger charge is 2.53. The number of hydrogen-bond donors (Lipinski definition) is 3. The number of fused-ring (bicyclic) bond motifs is 3. The summed E-state index contributed by atoms with van der Waals surface area (Å²) in [5.74, 6) is -1.68. The fourth-order valence-corrected chi connectivity index (χ4v) is 4.28. The molecule has 4 rings (SSSR count). The highest BCUT2D eigenvalue weighted by molar-refractivity contribution is 5.95. The van der Waals surface area contributed by atoms with Crippen molar-refractivity contribution >= 4 is 18.0 Å². The van der Waals surface area contributed by atoms with Gasteiger partial charge in [0.25, 0.3) is 0 Å². The molecule has 2 aromatic carbocycles. The summed E-state index contributed by atoms with van der Waals surface area (Å²) in [6.07, 6.45) is 0.209. The van der Waals surface area contributed by atoms with Crippen LogP contribution >= 0.6 is 0 Å². The van der Waals surface area contributed by atoms with Gasteiger partial charge < -0.3 is 20.5 Å². The number of nitrogens with one attached hydrogen (secondary N) is 2. The Kier molecular flexibility index (Phi) is 5.44. The van der Waals surface area contributed by atoms with Crippen LogP contribution in [0.4, 0.5) is 4.79 Å². The molecule has 3 N–H and O–H groups in total. The summed E-state index contributed by atoms with van der Waals surface area (Å²) in [6.45, 7) is 5.37. The van der Waals surface area contributed by atoms with E-state index in [4.69, 9.17) is 4.74 Å². The first-order valence-electron chi connectivity index (χ1n) is 10.8. The fourth-order valence-electron chi connectivity index (χ4n) is 4.28. The average Bonchev–Trinajstić information content (AvgIpc) is 3.45. The van der Waals surface area contributed by atoms with Crippen molar-refractivity contribution in [2.45, 2.75) is 51.1 Å². The Balaban J connectivity index is 1.40. The van der Waals surface area contributed by atoms with Gasteiger partial charge in [-0.1, -0.05) is 69.3 Å². The standard InChI is InChI=1S/C25H28N2O5/c1-24(2,3)20(21(28)29)26-22(30)25(12-13-25)27-23(31)32-14-19-17-10-6-4-8-15(17)16-9-5-7-11-18(16)19/h4-11,19-20H,12-14H2,1-3H3,(H,26,30)(H,27,31)(H,28,29)/t20-/m1/s1. The Hall–Kier alpha value is -3.35. The van der Waals surface area contributed by atoms with Crippen molar-refractivity contribution in [3.8, 4) is 11.1 Å². The lowest BCUT2D eigenvalue weighted by Crippen LogP contribution is -2.56. The van der Waals surface area contributed by atoms with Gasteiger partial charge in [-0.3, -0.25) is 4.79 Å². The van der Waals surface area contributed by atoms with Crippen molar-refractivity contribution in [1.29, 1.82) is 0 Å². The van der Waals surface area contributed by atoms with E-state index in [0.29, 0.717) is 12.8 Å². The van der Waals surface area contributed by atoms with Gasteiger partial charge in [0.15, 0.2) is 0 Å². The van der Waals surface area contributed by atoms with Crippen molar-refractivity contribution in [3.63, 3.8) is 0 Å². The van der Waals surface area contributed by atoms with E-state index in [1.807, 2.05) is 36.4 Å². The summed E-state index contributed by atoms with van der Waals surface area (Å²) in [5.41, 5.74) is 2.71. The molecule has 0 bridgehead atoms. The number of amides is 2. The predicted molar refractivity (Wildman–Crippen MR) is 119 cm³/mol. The van der Waals surface area contributed by atoms with Crippen LogP contribution in [-0.2, 0) is 14.3 Å². The Morgan fingerprint density at radius 1 is 1.03 bits per heavy atom. The van der Waals surface area contributed by atoms with E-state index in [1.165, 1.54) is 0 Å². The number of hydrogen-bond acceptors (Lipinski definition) is 4. The molecule has 0 spiro atoms. The quantitative estimate of drug-likeness (QED) is 0.641. The Morgan fingerprint density at radius 2 is 1.56 bits per heavy atom. The van der Waals surface area contributed by atoms with E-state index in [-0.39, 0.29) is 12.5 Å². The number of carbonyl (C=O) groups excluding carboxylic acids is 2. The van der Waals surface area contributed by atoms with Crippen LogP contribution in [0.2, 0.25) is 0 Å². The van der Waals surface area contributed by atoms with E-state index in [0.717, 1.165) is 22.3 Å². The zero-order valence-corrected chi connectivity index (χ0v) is 18.5. The number of carboxylic acid groups (broad SMARTS) is 1. The average molecular weight is 437 g/mol. The van der Waals surface area contributed by atoms with E-state index < -0.39 is 35.0 Å². The molecular formula is C25H28N2O5. The molecule has 1 atom stereocenters. The minimum absolute atomic E-state index is 0.0746. The smallest absolute Gasteiger partial charge is 0.408 e. The van der Waals surface area contributed by atoms with Crippen molar-refractivity contribution in [2.24, 2.45) is 5.41 Å². The number of ether oxygens (including phenoxy) is 1. The lowest BCUT2D eigenvalue weighted by Gasteiger charge is -2.29. The molecule has 1 fully saturated rings. The third kappa shape index (κ3) is 4.07. The molecule has 0 radical (unpaired) electrons. The Morgan fingerprint density at radius 3 is 2.03 bits per heavy atom. The van der Waals surface area contributed by atoms with Gasteiger partial charge in [-0.2, -0.15) is 0 Å². The molecule has 2 aliphatic rings. The Labute approximate surface area is 187 Å². The van der Waals surface area contributed by atoms with Crippen LogP contribution in [-0.4, -0.2) is 41.3 Å². The molecule has 7 nitrogen and oxygen atoms in total. The van der Waals surface area contributed by atoms with Crippen LogP contribution in [0, 0.1) is 5.41 Å². The summed E-state index contributed by atoms with van der Waals surface area (Å²) in [5, 5.41) is 14.7. The second kappa shape index (κ2) is 7.97. The number of rotatable bonds is 6. The second-order valence-corrected chi connectivity index (χ2v) is 9.64. The van der Waals surface area contributed by atoms with Crippen molar-refractivity contribution in [3.05, 3.63) is 59.7 Å². The minimum atomic E-state index is -1.11. The van der Waals surface area contributed by atoms with E-state index in [9.17, 15) is 19.5 Å². The molecule has 0 aliphatic heterocycles. The van der Waals surface area contributed by atoms with Gasteiger partial charge in [0.05, 0.1) is 0 Å². The molecule has 7 heteroatoms. The molecule has 2 aromatic rings. The van der Waals surface area contributed by atoms with Crippen molar-refractivity contribution in [1.82, 2.24) is 10.6 Å². The monoisotopic (exact) mass is 436 g/mol. The number of carbonyl (C=O) groups is 3. The molecule has 2 aliphatic carbocycles. The highest BCUT2D eigenvalue weighted by Crippen LogP contribution is 2.44. The lowest BCUT2D eigenvalue weighted by molar-refractivity contribution is -0.145. The maximum Gasteiger partial charge on any atom is 0.408 e. The van der Waals surface area contributed by atoms with Gasteiger partial charge in [-0.05, 0) is 40.5 Å². The summed E-state index contributed by atoms with van der Waals surface area (Å²) >= 11 is 0. The van der Waals surface area contributed by atoms with Crippen LogP contribution in [0.5, 0.6) is 0 Å². The Bertz CT molecular complexity index is 1020. The van der Waals surface area contributed by atoms with Gasteiger partial charge in [0, 0.05) is 5.92 Å². The normalized spacial score (nSPS) is 17.0. The van der Waals surface area contributed by atoms with Crippen molar-refractivity contribution < 1.29 is 24.2 Å². The third-order valence-electron chi connectivity index (χ3n) is 6.26. The number of benzene rings is 2. The molecule has 0 saturated heterocycles. The van der Waals surface area contributed by atoms with E-state index >= 15 is 0 Å². The second-order valence-electron chi connectivity index (χ2n) is 9.64. The van der Waals surface area contributed by atoms with Crippen LogP contribution in [0.1, 0.15) is 50.7 Å². The van der Waals surface area contributed by atoms with Gasteiger partial charge in [-0.25, -0.2) is 9.59 Å².